The molecular formula is C14H23N3OS. The molecule has 4 nitrogen and oxygen atoms in total. The van der Waals surface area contributed by atoms with Crippen LogP contribution >= 0.6 is 11.8 Å². The van der Waals surface area contributed by atoms with Crippen LogP contribution < -0.4 is 10.6 Å². The third-order valence-corrected chi connectivity index (χ3v) is 4.08. The van der Waals surface area contributed by atoms with Crippen LogP contribution in [0.1, 0.15) is 38.4 Å². The maximum Gasteiger partial charge on any atom is 0.190 e. The molecule has 1 aliphatic heterocycles. The summed E-state index contributed by atoms with van der Waals surface area (Å²) in [5, 5.41) is 8.05. The molecule has 0 bridgehead atoms. The Morgan fingerprint density at radius 1 is 1.58 bits per heavy atom. The van der Waals surface area contributed by atoms with Crippen molar-refractivity contribution >= 4 is 11.8 Å². The second kappa shape index (κ2) is 6.50. The van der Waals surface area contributed by atoms with Gasteiger partial charge in [-0.1, -0.05) is 13.5 Å². The molecule has 2 rings (SSSR count). The van der Waals surface area contributed by atoms with E-state index in [1.807, 2.05) is 13.2 Å². The lowest BCUT2D eigenvalue weighted by Gasteiger charge is -2.39. The van der Waals surface area contributed by atoms with Crippen molar-refractivity contribution in [1.29, 1.82) is 0 Å². The molecule has 0 saturated heterocycles. The summed E-state index contributed by atoms with van der Waals surface area (Å²) in [4.78, 5) is 0. The van der Waals surface area contributed by atoms with Gasteiger partial charge in [0.25, 0.3) is 0 Å². The number of nitrogens with one attached hydrogen (secondary N) is 2. The quantitative estimate of drug-likeness (QED) is 0.841. The van der Waals surface area contributed by atoms with Crippen molar-refractivity contribution in [2.24, 2.45) is 0 Å². The minimum absolute atomic E-state index is 0.0689. The summed E-state index contributed by atoms with van der Waals surface area (Å²) >= 11 is 1.65. The smallest absolute Gasteiger partial charge is 0.190 e. The Labute approximate surface area is 119 Å². The van der Waals surface area contributed by atoms with Crippen LogP contribution in [0.25, 0.3) is 0 Å². The SMILES string of the molecule is C=C(N[C@@H]1c2cccn2C(OCC)N[C@H]1CC)SC. The van der Waals surface area contributed by atoms with Gasteiger partial charge in [0, 0.05) is 24.5 Å². The Kier molecular flexibility index (Phi) is 4.96. The van der Waals surface area contributed by atoms with Gasteiger partial charge in [0.05, 0.1) is 11.1 Å². The topological polar surface area (TPSA) is 38.2 Å². The number of aromatic nitrogens is 1. The Bertz CT molecular complexity index is 432. The van der Waals surface area contributed by atoms with E-state index in [1.165, 1.54) is 5.69 Å². The maximum atomic E-state index is 5.78. The summed E-state index contributed by atoms with van der Waals surface area (Å²) in [6.07, 6.45) is 5.06. The van der Waals surface area contributed by atoms with Gasteiger partial charge in [-0.2, -0.15) is 0 Å². The minimum Gasteiger partial charge on any atom is -0.370 e. The number of hydrogen-bond acceptors (Lipinski definition) is 4. The van der Waals surface area contributed by atoms with E-state index in [1.54, 1.807) is 11.8 Å². The third kappa shape index (κ3) is 2.99. The second-order valence-electron chi connectivity index (χ2n) is 4.58. The van der Waals surface area contributed by atoms with Gasteiger partial charge in [0.1, 0.15) is 0 Å². The van der Waals surface area contributed by atoms with Crippen LogP contribution in [0.2, 0.25) is 0 Å². The first-order valence-electron chi connectivity index (χ1n) is 6.75. The molecule has 0 aliphatic carbocycles. The van der Waals surface area contributed by atoms with Crippen molar-refractivity contribution in [3.63, 3.8) is 0 Å². The Morgan fingerprint density at radius 3 is 3.00 bits per heavy atom. The van der Waals surface area contributed by atoms with E-state index < -0.39 is 0 Å². The zero-order valence-corrected chi connectivity index (χ0v) is 12.7. The van der Waals surface area contributed by atoms with E-state index >= 15 is 0 Å². The van der Waals surface area contributed by atoms with Crippen LogP contribution in [-0.4, -0.2) is 23.5 Å². The lowest BCUT2D eigenvalue weighted by Crippen LogP contribution is -2.50. The first kappa shape index (κ1) is 14.5. The summed E-state index contributed by atoms with van der Waals surface area (Å²) in [5.41, 5.74) is 1.25. The maximum absolute atomic E-state index is 5.78. The summed E-state index contributed by atoms with van der Waals surface area (Å²) in [6, 6.07) is 4.79. The zero-order valence-electron chi connectivity index (χ0n) is 11.8. The summed E-state index contributed by atoms with van der Waals surface area (Å²) in [7, 11) is 0. The van der Waals surface area contributed by atoms with Crippen molar-refractivity contribution in [2.45, 2.75) is 38.7 Å². The molecule has 19 heavy (non-hydrogen) atoms. The standard InChI is InChI=1S/C14H23N3OS/c1-5-11-13(15-10(3)19-4)12-8-7-9-17(12)14(16-11)18-6-2/h7-9,11,13-16H,3,5-6H2,1-2,4H3/t11-,13-,14?/m0/s1. The van der Waals surface area contributed by atoms with Crippen LogP contribution in [0.4, 0.5) is 0 Å². The molecular weight excluding hydrogens is 258 g/mol. The van der Waals surface area contributed by atoms with Gasteiger partial charge in [-0.15, -0.1) is 11.8 Å². The molecule has 1 aliphatic rings. The van der Waals surface area contributed by atoms with Gasteiger partial charge in [0.15, 0.2) is 6.35 Å². The summed E-state index contributed by atoms with van der Waals surface area (Å²) in [5.74, 6) is 0. The van der Waals surface area contributed by atoms with E-state index in [2.05, 4.69) is 47.0 Å². The first-order chi connectivity index (χ1) is 9.21. The fourth-order valence-corrected chi connectivity index (χ4v) is 2.74. The number of hydrogen-bond donors (Lipinski definition) is 2. The van der Waals surface area contributed by atoms with E-state index in [4.69, 9.17) is 4.74 Å². The number of fused-ring (bicyclic) bond motifs is 1. The van der Waals surface area contributed by atoms with Gasteiger partial charge in [-0.25, -0.2) is 0 Å². The number of thioether (sulfide) groups is 1. The Balaban J connectivity index is 2.26. The monoisotopic (exact) mass is 281 g/mol. The molecule has 0 saturated carbocycles. The van der Waals surface area contributed by atoms with Gasteiger partial charge in [0.2, 0.25) is 0 Å². The molecule has 0 radical (unpaired) electrons. The van der Waals surface area contributed by atoms with Crippen LogP contribution in [0.15, 0.2) is 29.9 Å². The van der Waals surface area contributed by atoms with Crippen molar-refractivity contribution in [3.05, 3.63) is 35.6 Å². The van der Waals surface area contributed by atoms with Gasteiger partial charge in [-0.3, -0.25) is 5.32 Å². The van der Waals surface area contributed by atoms with E-state index in [-0.39, 0.29) is 12.4 Å². The molecule has 1 aromatic rings. The summed E-state index contributed by atoms with van der Waals surface area (Å²) in [6.45, 7) is 8.94. The molecule has 0 amide bonds. The Hall–Kier alpha value is -0.910. The molecule has 2 N–H and O–H groups in total. The third-order valence-electron chi connectivity index (χ3n) is 3.47. The van der Waals surface area contributed by atoms with Crippen LogP contribution in [0.5, 0.6) is 0 Å². The van der Waals surface area contributed by atoms with Gasteiger partial charge < -0.3 is 14.6 Å². The normalized spacial score (nSPS) is 25.9. The predicted molar refractivity (Wildman–Crippen MR) is 80.8 cm³/mol. The molecule has 0 spiro atoms. The molecule has 0 fully saturated rings. The lowest BCUT2D eigenvalue weighted by molar-refractivity contribution is -0.0411. The van der Waals surface area contributed by atoms with E-state index in [9.17, 15) is 0 Å². The molecule has 1 unspecified atom stereocenters. The fraction of sp³-hybridized carbons (Fsp3) is 0.571. The van der Waals surface area contributed by atoms with Gasteiger partial charge in [-0.05, 0) is 31.7 Å². The highest BCUT2D eigenvalue weighted by Crippen LogP contribution is 2.30. The average Bonchev–Trinajstić information content (AvgIpc) is 2.90. The molecule has 1 aromatic heterocycles. The first-order valence-corrected chi connectivity index (χ1v) is 7.97. The highest BCUT2D eigenvalue weighted by atomic mass is 32.2. The minimum atomic E-state index is -0.0689. The summed E-state index contributed by atoms with van der Waals surface area (Å²) < 4.78 is 7.93. The largest absolute Gasteiger partial charge is 0.370 e. The van der Waals surface area contributed by atoms with E-state index in [0.717, 1.165) is 11.4 Å². The van der Waals surface area contributed by atoms with Gasteiger partial charge >= 0.3 is 0 Å². The van der Waals surface area contributed by atoms with Crippen LogP contribution in [-0.2, 0) is 4.74 Å². The number of ether oxygens (including phenoxy) is 1. The highest BCUT2D eigenvalue weighted by Gasteiger charge is 2.33. The second-order valence-corrected chi connectivity index (χ2v) is 5.48. The average molecular weight is 281 g/mol. The molecule has 3 atom stereocenters. The molecule has 106 valence electrons. The predicted octanol–water partition coefficient (Wildman–Crippen LogP) is 2.83. The molecule has 0 aromatic carbocycles. The van der Waals surface area contributed by atoms with Crippen LogP contribution in [0.3, 0.4) is 0 Å². The lowest BCUT2D eigenvalue weighted by atomic mass is 10.0. The van der Waals surface area contributed by atoms with Crippen molar-refractivity contribution in [1.82, 2.24) is 15.2 Å². The number of nitrogens with zero attached hydrogens (tertiary/aromatic N) is 1. The Morgan fingerprint density at radius 2 is 2.37 bits per heavy atom. The van der Waals surface area contributed by atoms with Crippen molar-refractivity contribution < 1.29 is 4.74 Å². The van der Waals surface area contributed by atoms with Crippen molar-refractivity contribution in [3.8, 4) is 0 Å². The molecule has 5 heteroatoms. The van der Waals surface area contributed by atoms with Crippen LogP contribution in [0, 0.1) is 0 Å². The highest BCUT2D eigenvalue weighted by molar-refractivity contribution is 8.02. The fourth-order valence-electron chi connectivity index (χ4n) is 2.50. The molecule has 2 heterocycles. The zero-order chi connectivity index (χ0) is 13.8. The van der Waals surface area contributed by atoms with Crippen molar-refractivity contribution in [2.75, 3.05) is 12.9 Å². The van der Waals surface area contributed by atoms with E-state index in [0.29, 0.717) is 12.6 Å². The number of rotatable bonds is 6.